The van der Waals surface area contributed by atoms with Gasteiger partial charge in [-0.05, 0) is 43.3 Å². The molecule has 1 heterocycles. The van der Waals surface area contributed by atoms with Crippen LogP contribution in [-0.4, -0.2) is 29.5 Å². The number of benzene rings is 2. The van der Waals surface area contributed by atoms with E-state index in [1.807, 2.05) is 31.2 Å². The first-order valence-corrected chi connectivity index (χ1v) is 7.36. The molecule has 3 rings (SSSR count). The number of aromatic amines is 1. The Morgan fingerprint density at radius 2 is 1.54 bits per heavy atom. The van der Waals surface area contributed by atoms with Gasteiger partial charge in [0.25, 0.3) is 0 Å². The first-order chi connectivity index (χ1) is 11.6. The van der Waals surface area contributed by atoms with Crippen LogP contribution in [0.1, 0.15) is 5.69 Å². The highest BCUT2D eigenvalue weighted by Crippen LogP contribution is 2.39. The van der Waals surface area contributed by atoms with Gasteiger partial charge in [0.15, 0.2) is 5.75 Å². The lowest BCUT2D eigenvalue weighted by Crippen LogP contribution is -1.90. The average Bonchev–Trinajstić information content (AvgIpc) is 2.96. The van der Waals surface area contributed by atoms with E-state index < -0.39 is 0 Å². The lowest BCUT2D eigenvalue weighted by Gasteiger charge is -2.09. The minimum Gasteiger partial charge on any atom is -0.507 e. The second-order valence-electron chi connectivity index (χ2n) is 5.19. The molecule has 0 aliphatic carbocycles. The molecule has 0 radical (unpaired) electrons. The standard InChI is InChI=1S/C18H18N2O4/c1-11-18(24-13-6-4-12(22-2)5-7-13)17(20-19-11)15-9-8-14(23-3)10-16(15)21/h4-10,21H,1-3H3,(H,19,20). The van der Waals surface area contributed by atoms with Crippen LogP contribution < -0.4 is 14.2 Å². The number of phenolic OH excluding ortho intramolecular Hbond substituents is 1. The Kier molecular flexibility index (Phi) is 4.29. The van der Waals surface area contributed by atoms with E-state index in [9.17, 15) is 5.11 Å². The Morgan fingerprint density at radius 1 is 0.917 bits per heavy atom. The maximum absolute atomic E-state index is 10.2. The van der Waals surface area contributed by atoms with Crippen molar-refractivity contribution in [1.29, 1.82) is 0 Å². The maximum Gasteiger partial charge on any atom is 0.176 e. The van der Waals surface area contributed by atoms with E-state index in [-0.39, 0.29) is 5.75 Å². The van der Waals surface area contributed by atoms with Gasteiger partial charge in [0, 0.05) is 11.6 Å². The van der Waals surface area contributed by atoms with Crippen LogP contribution in [0.5, 0.6) is 28.7 Å². The maximum atomic E-state index is 10.2. The second kappa shape index (κ2) is 6.54. The minimum absolute atomic E-state index is 0.0698. The molecule has 2 N–H and O–H groups in total. The highest BCUT2D eigenvalue weighted by Gasteiger charge is 2.18. The largest absolute Gasteiger partial charge is 0.507 e. The zero-order valence-electron chi connectivity index (χ0n) is 13.7. The van der Waals surface area contributed by atoms with Crippen LogP contribution >= 0.6 is 0 Å². The van der Waals surface area contributed by atoms with Gasteiger partial charge in [0.05, 0.1) is 19.9 Å². The molecule has 0 spiro atoms. The van der Waals surface area contributed by atoms with Crippen molar-refractivity contribution < 1.29 is 19.3 Å². The van der Waals surface area contributed by atoms with Gasteiger partial charge in [-0.15, -0.1) is 0 Å². The van der Waals surface area contributed by atoms with Crippen LogP contribution in [0.3, 0.4) is 0 Å². The van der Waals surface area contributed by atoms with Crippen molar-refractivity contribution in [1.82, 2.24) is 10.2 Å². The van der Waals surface area contributed by atoms with E-state index in [4.69, 9.17) is 14.2 Å². The van der Waals surface area contributed by atoms with E-state index in [1.54, 1.807) is 26.4 Å². The first-order valence-electron chi connectivity index (χ1n) is 7.36. The molecule has 1 aromatic heterocycles. The fourth-order valence-corrected chi connectivity index (χ4v) is 2.33. The van der Waals surface area contributed by atoms with Crippen molar-refractivity contribution in [3.05, 3.63) is 48.2 Å². The number of nitrogens with zero attached hydrogens (tertiary/aromatic N) is 1. The Hall–Kier alpha value is -3.15. The van der Waals surface area contributed by atoms with E-state index in [0.717, 1.165) is 11.4 Å². The average molecular weight is 326 g/mol. The molecule has 0 unspecified atom stereocenters. The van der Waals surface area contributed by atoms with E-state index >= 15 is 0 Å². The predicted octanol–water partition coefficient (Wildman–Crippen LogP) is 3.90. The number of hydrogen-bond donors (Lipinski definition) is 2. The predicted molar refractivity (Wildman–Crippen MR) is 90.0 cm³/mol. The van der Waals surface area contributed by atoms with Gasteiger partial charge in [0.2, 0.25) is 0 Å². The number of methoxy groups -OCH3 is 2. The van der Waals surface area contributed by atoms with Crippen molar-refractivity contribution in [2.45, 2.75) is 6.92 Å². The molecule has 0 atom stereocenters. The lowest BCUT2D eigenvalue weighted by molar-refractivity contribution is 0.408. The number of aromatic nitrogens is 2. The number of ether oxygens (including phenoxy) is 3. The SMILES string of the molecule is COc1ccc(Oc2c(-c3ccc(OC)cc3O)n[nH]c2C)cc1. The zero-order valence-corrected chi connectivity index (χ0v) is 13.7. The lowest BCUT2D eigenvalue weighted by atomic mass is 10.1. The summed E-state index contributed by atoms with van der Waals surface area (Å²) in [6.07, 6.45) is 0. The van der Waals surface area contributed by atoms with E-state index in [1.165, 1.54) is 6.07 Å². The molecular weight excluding hydrogens is 308 g/mol. The van der Waals surface area contributed by atoms with Gasteiger partial charge < -0.3 is 19.3 Å². The summed E-state index contributed by atoms with van der Waals surface area (Å²) in [7, 11) is 3.16. The summed E-state index contributed by atoms with van der Waals surface area (Å²) in [5.74, 6) is 2.59. The molecule has 3 aromatic rings. The first kappa shape index (κ1) is 15.7. The van der Waals surface area contributed by atoms with Crippen LogP contribution in [0, 0.1) is 6.92 Å². The molecule has 0 saturated carbocycles. The highest BCUT2D eigenvalue weighted by molar-refractivity contribution is 5.74. The Balaban J connectivity index is 1.96. The summed E-state index contributed by atoms with van der Waals surface area (Å²) < 4.78 is 16.2. The van der Waals surface area contributed by atoms with Gasteiger partial charge in [0.1, 0.15) is 28.7 Å². The van der Waals surface area contributed by atoms with Crippen molar-refractivity contribution in [2.75, 3.05) is 14.2 Å². The Labute approximate surface area is 139 Å². The second-order valence-corrected chi connectivity index (χ2v) is 5.19. The number of aryl methyl sites for hydroxylation is 1. The summed E-state index contributed by atoms with van der Waals surface area (Å²) in [5, 5.41) is 17.4. The fraction of sp³-hybridized carbons (Fsp3) is 0.167. The molecule has 6 heteroatoms. The highest BCUT2D eigenvalue weighted by atomic mass is 16.5. The van der Waals surface area contributed by atoms with Crippen LogP contribution in [0.4, 0.5) is 0 Å². The van der Waals surface area contributed by atoms with Crippen molar-refractivity contribution >= 4 is 0 Å². The number of phenols is 1. The van der Waals surface area contributed by atoms with Crippen LogP contribution in [0.15, 0.2) is 42.5 Å². The molecule has 6 nitrogen and oxygen atoms in total. The molecular formula is C18H18N2O4. The molecule has 0 amide bonds. The van der Waals surface area contributed by atoms with Gasteiger partial charge in [-0.2, -0.15) is 5.10 Å². The molecule has 2 aromatic carbocycles. The summed E-state index contributed by atoms with van der Waals surface area (Å²) in [6, 6.07) is 12.3. The van der Waals surface area contributed by atoms with Gasteiger partial charge >= 0.3 is 0 Å². The van der Waals surface area contributed by atoms with Crippen molar-refractivity contribution in [3.8, 4) is 40.0 Å². The molecule has 124 valence electrons. The van der Waals surface area contributed by atoms with Crippen molar-refractivity contribution in [3.63, 3.8) is 0 Å². The summed E-state index contributed by atoms with van der Waals surface area (Å²) in [4.78, 5) is 0. The van der Waals surface area contributed by atoms with E-state index in [2.05, 4.69) is 10.2 Å². The van der Waals surface area contributed by atoms with Crippen LogP contribution in [0.2, 0.25) is 0 Å². The summed E-state index contributed by atoms with van der Waals surface area (Å²) in [6.45, 7) is 1.86. The van der Waals surface area contributed by atoms with Crippen LogP contribution in [-0.2, 0) is 0 Å². The van der Waals surface area contributed by atoms with E-state index in [0.29, 0.717) is 28.5 Å². The third-order valence-corrected chi connectivity index (χ3v) is 3.63. The normalized spacial score (nSPS) is 10.5. The minimum atomic E-state index is 0.0698. The Bertz CT molecular complexity index is 841. The zero-order chi connectivity index (χ0) is 17.1. The quantitative estimate of drug-likeness (QED) is 0.743. The smallest absolute Gasteiger partial charge is 0.176 e. The number of nitrogens with one attached hydrogen (secondary N) is 1. The Morgan fingerprint density at radius 3 is 2.17 bits per heavy atom. The third-order valence-electron chi connectivity index (χ3n) is 3.63. The van der Waals surface area contributed by atoms with Gasteiger partial charge in [-0.25, -0.2) is 0 Å². The fourth-order valence-electron chi connectivity index (χ4n) is 2.33. The monoisotopic (exact) mass is 326 g/mol. The molecule has 24 heavy (non-hydrogen) atoms. The number of rotatable bonds is 5. The topological polar surface area (TPSA) is 76.6 Å². The summed E-state index contributed by atoms with van der Waals surface area (Å²) in [5.41, 5.74) is 1.85. The number of hydrogen-bond acceptors (Lipinski definition) is 5. The third kappa shape index (κ3) is 2.99. The van der Waals surface area contributed by atoms with Gasteiger partial charge in [-0.3, -0.25) is 5.10 Å². The molecule has 0 fully saturated rings. The molecule has 0 bridgehead atoms. The number of H-pyrrole nitrogens is 1. The van der Waals surface area contributed by atoms with Crippen molar-refractivity contribution in [2.24, 2.45) is 0 Å². The molecule has 0 aliphatic rings. The number of aromatic hydroxyl groups is 1. The molecule has 0 saturated heterocycles. The summed E-state index contributed by atoms with van der Waals surface area (Å²) >= 11 is 0. The van der Waals surface area contributed by atoms with Crippen LogP contribution in [0.25, 0.3) is 11.3 Å². The van der Waals surface area contributed by atoms with Gasteiger partial charge in [-0.1, -0.05) is 0 Å². The molecule has 0 aliphatic heterocycles.